The normalized spacial score (nSPS) is 16.2. The molecule has 41 heavy (non-hydrogen) atoms. The Kier molecular flexibility index (Phi) is 12.0. The second-order valence-electron chi connectivity index (χ2n) is 9.58. The molecule has 0 unspecified atom stereocenters. The number of rotatable bonds is 6. The van der Waals surface area contributed by atoms with E-state index in [-0.39, 0.29) is 11.5 Å². The maximum absolute atomic E-state index is 13.9. The zero-order valence-electron chi connectivity index (χ0n) is 24.2. The lowest BCUT2D eigenvalue weighted by molar-refractivity contribution is -0.139. The molecule has 0 bridgehead atoms. The predicted octanol–water partition coefficient (Wildman–Crippen LogP) is 7.37. The van der Waals surface area contributed by atoms with Crippen molar-refractivity contribution in [3.8, 4) is 11.3 Å². The highest BCUT2D eigenvalue weighted by molar-refractivity contribution is 9.10. The number of halogens is 5. The molecule has 7 nitrogen and oxygen atoms in total. The van der Waals surface area contributed by atoms with Crippen molar-refractivity contribution >= 4 is 27.6 Å². The zero-order chi connectivity index (χ0) is 30.2. The monoisotopic (exact) mass is 641 g/mol. The summed E-state index contributed by atoms with van der Waals surface area (Å²) in [4.78, 5) is 17.7. The highest BCUT2D eigenvalue weighted by Crippen LogP contribution is 2.37. The fourth-order valence-corrected chi connectivity index (χ4v) is 5.63. The Balaban J connectivity index is 0.00000111. The van der Waals surface area contributed by atoms with Crippen LogP contribution in [0.25, 0.3) is 11.3 Å². The van der Waals surface area contributed by atoms with Crippen molar-refractivity contribution in [2.24, 2.45) is 0 Å². The van der Waals surface area contributed by atoms with Gasteiger partial charge < -0.3 is 20.1 Å². The van der Waals surface area contributed by atoms with Crippen LogP contribution in [0.1, 0.15) is 70.7 Å². The third-order valence-electron chi connectivity index (χ3n) is 7.19. The molecule has 0 saturated carbocycles. The van der Waals surface area contributed by atoms with Crippen molar-refractivity contribution in [1.82, 2.24) is 24.4 Å². The molecule has 2 fully saturated rings. The lowest BCUT2D eigenvalue weighted by Crippen LogP contribution is -2.35. The molecule has 4 heterocycles. The number of likely N-dealkylation sites (tertiary alicyclic amines) is 1. The van der Waals surface area contributed by atoms with Crippen molar-refractivity contribution in [2.75, 3.05) is 43.4 Å². The molecule has 3 aromatic rings. The molecule has 2 N–H and O–H groups in total. The van der Waals surface area contributed by atoms with Gasteiger partial charge in [0, 0.05) is 43.9 Å². The van der Waals surface area contributed by atoms with Crippen LogP contribution in [0.3, 0.4) is 0 Å². The minimum Gasteiger partial charge on any atom is -0.383 e. The highest BCUT2D eigenvalue weighted by Gasteiger charge is 2.35. The summed E-state index contributed by atoms with van der Waals surface area (Å²) >= 11 is 3.47. The number of nitrogens with two attached hydrogens (primary N) is 1. The number of hydrogen-bond acceptors (Lipinski definition) is 6. The number of imidazole rings is 1. The first-order chi connectivity index (χ1) is 19.7. The van der Waals surface area contributed by atoms with Gasteiger partial charge in [-0.1, -0.05) is 27.7 Å². The van der Waals surface area contributed by atoms with E-state index in [1.54, 1.807) is 0 Å². The molecular formula is C29H40BrF4N7. The molecule has 0 amide bonds. The Morgan fingerprint density at radius 1 is 0.976 bits per heavy atom. The lowest BCUT2D eigenvalue weighted by atomic mass is 9.96. The van der Waals surface area contributed by atoms with Gasteiger partial charge in [0.25, 0.3) is 0 Å². The first-order valence-corrected chi connectivity index (χ1v) is 15.2. The number of anilines is 2. The Labute approximate surface area is 248 Å². The van der Waals surface area contributed by atoms with E-state index in [9.17, 15) is 17.6 Å². The largest absolute Gasteiger partial charge is 0.419 e. The molecule has 5 rings (SSSR count). The minimum atomic E-state index is -4.77. The summed E-state index contributed by atoms with van der Waals surface area (Å²) < 4.78 is 56.7. The fourth-order valence-electron chi connectivity index (χ4n) is 5.18. The van der Waals surface area contributed by atoms with E-state index >= 15 is 0 Å². The average Bonchev–Trinajstić information content (AvgIpc) is 3.66. The van der Waals surface area contributed by atoms with Crippen LogP contribution in [0, 0.1) is 5.82 Å². The smallest absolute Gasteiger partial charge is 0.383 e. The zero-order valence-corrected chi connectivity index (χ0v) is 25.8. The van der Waals surface area contributed by atoms with Gasteiger partial charge >= 0.3 is 6.18 Å². The Hall–Kier alpha value is -2.73. The molecule has 226 valence electrons. The van der Waals surface area contributed by atoms with E-state index in [0.29, 0.717) is 22.5 Å². The van der Waals surface area contributed by atoms with E-state index in [0.717, 1.165) is 69.3 Å². The van der Waals surface area contributed by atoms with Gasteiger partial charge in [-0.05, 0) is 72.9 Å². The van der Waals surface area contributed by atoms with Gasteiger partial charge in [0.1, 0.15) is 34.1 Å². The molecule has 2 aliphatic rings. The lowest BCUT2D eigenvalue weighted by Gasteiger charge is -2.33. The Bertz CT molecular complexity index is 1250. The summed E-state index contributed by atoms with van der Waals surface area (Å²) in [5.74, 6) is 0.827. The third-order valence-corrected chi connectivity index (χ3v) is 7.95. The van der Waals surface area contributed by atoms with Gasteiger partial charge in [-0.2, -0.15) is 13.2 Å². The average molecular weight is 643 g/mol. The molecule has 0 spiro atoms. The van der Waals surface area contributed by atoms with Crippen molar-refractivity contribution in [1.29, 1.82) is 0 Å². The molecular weight excluding hydrogens is 602 g/mol. The topological polar surface area (TPSA) is 76.1 Å². The minimum absolute atomic E-state index is 0.129. The SMILES string of the molecule is CC.CC.Nc1ncnc(N2CCC(c3nc(-c4ccc(F)c(C(F)(F)F)c4)cn3CCN3CCCC3)CC2)c1Br. The van der Waals surface area contributed by atoms with E-state index < -0.39 is 17.6 Å². The predicted molar refractivity (Wildman–Crippen MR) is 159 cm³/mol. The van der Waals surface area contributed by atoms with Crippen LogP contribution in [0.15, 0.2) is 35.2 Å². The number of nitrogen functional groups attached to an aromatic ring is 1. The third kappa shape index (κ3) is 7.97. The summed E-state index contributed by atoms with van der Waals surface area (Å²) in [6, 6.07) is 3.08. The second-order valence-corrected chi connectivity index (χ2v) is 10.4. The summed E-state index contributed by atoms with van der Waals surface area (Å²) in [6.07, 6.45) is 2.44. The maximum Gasteiger partial charge on any atom is 0.419 e. The molecule has 12 heteroatoms. The van der Waals surface area contributed by atoms with Gasteiger partial charge in [-0.3, -0.25) is 0 Å². The summed E-state index contributed by atoms with van der Waals surface area (Å²) in [5.41, 5.74) is 5.33. The van der Waals surface area contributed by atoms with Crippen LogP contribution < -0.4 is 10.6 Å². The van der Waals surface area contributed by atoms with Crippen molar-refractivity contribution in [3.05, 3.63) is 52.4 Å². The van der Waals surface area contributed by atoms with Crippen LogP contribution in [0.2, 0.25) is 0 Å². The Morgan fingerprint density at radius 3 is 2.27 bits per heavy atom. The molecule has 0 radical (unpaired) electrons. The number of piperidine rings is 1. The quantitative estimate of drug-likeness (QED) is 0.283. The summed E-state index contributed by atoms with van der Waals surface area (Å²) in [7, 11) is 0. The van der Waals surface area contributed by atoms with Gasteiger partial charge in [-0.25, -0.2) is 19.3 Å². The first kappa shape index (κ1) is 32.8. The van der Waals surface area contributed by atoms with Gasteiger partial charge in [0.2, 0.25) is 0 Å². The van der Waals surface area contributed by atoms with Crippen LogP contribution in [-0.4, -0.2) is 57.1 Å². The summed E-state index contributed by atoms with van der Waals surface area (Å²) in [6.45, 7) is 13.1. The molecule has 0 aliphatic carbocycles. The van der Waals surface area contributed by atoms with Crippen LogP contribution >= 0.6 is 15.9 Å². The second kappa shape index (κ2) is 14.9. The molecule has 1 aromatic carbocycles. The number of aromatic nitrogens is 4. The fraction of sp³-hybridized carbons (Fsp3) is 0.552. The summed E-state index contributed by atoms with van der Waals surface area (Å²) in [5, 5.41) is 0. The number of alkyl halides is 3. The molecule has 2 saturated heterocycles. The van der Waals surface area contributed by atoms with Gasteiger partial charge in [0.15, 0.2) is 0 Å². The van der Waals surface area contributed by atoms with E-state index in [2.05, 4.69) is 40.3 Å². The molecule has 2 aromatic heterocycles. The van der Waals surface area contributed by atoms with Crippen LogP contribution in [0.4, 0.5) is 29.2 Å². The maximum atomic E-state index is 13.9. The Morgan fingerprint density at radius 2 is 1.63 bits per heavy atom. The number of nitrogens with zero attached hydrogens (tertiary/aromatic N) is 6. The van der Waals surface area contributed by atoms with Crippen LogP contribution in [0.5, 0.6) is 0 Å². The van der Waals surface area contributed by atoms with Crippen molar-refractivity contribution in [3.63, 3.8) is 0 Å². The number of benzene rings is 1. The first-order valence-electron chi connectivity index (χ1n) is 14.4. The standard InChI is InChI=1S/C25H28BrF4N7.2C2H6/c26-21-22(31)32-15-33-24(21)36-9-5-16(6-10-36)23-34-20(14-37(23)12-11-35-7-1-2-8-35)17-3-4-19(27)18(13-17)25(28,29)30;2*1-2/h3-4,13-16H,1-2,5-12H2,(H2,31,32,33);2*1-2H3. The van der Waals surface area contributed by atoms with E-state index in [1.165, 1.54) is 25.2 Å². The van der Waals surface area contributed by atoms with Gasteiger partial charge in [0.05, 0.1) is 11.3 Å². The van der Waals surface area contributed by atoms with Gasteiger partial charge in [-0.15, -0.1) is 0 Å². The van der Waals surface area contributed by atoms with E-state index in [1.807, 2.05) is 33.9 Å². The number of hydrogen-bond donors (Lipinski definition) is 1. The van der Waals surface area contributed by atoms with E-state index in [4.69, 9.17) is 10.7 Å². The van der Waals surface area contributed by atoms with Crippen molar-refractivity contribution in [2.45, 2.75) is 72.0 Å². The highest BCUT2D eigenvalue weighted by atomic mass is 79.9. The molecule has 0 atom stereocenters. The van der Waals surface area contributed by atoms with Crippen molar-refractivity contribution < 1.29 is 17.6 Å². The van der Waals surface area contributed by atoms with Crippen LogP contribution in [-0.2, 0) is 12.7 Å². The molecule has 2 aliphatic heterocycles.